The minimum Gasteiger partial charge on any atom is -0.512 e. The molecule has 2 heterocycles. The van der Waals surface area contributed by atoms with Crippen LogP contribution in [0.1, 0.15) is 94.1 Å². The van der Waals surface area contributed by atoms with E-state index in [4.69, 9.17) is 21.1 Å². The molecule has 222 valence electrons. The number of ether oxygens (including phenoxy) is 2. The fourth-order valence-corrected chi connectivity index (χ4v) is 6.63. The van der Waals surface area contributed by atoms with Gasteiger partial charge in [0, 0.05) is 29.9 Å². The third kappa shape index (κ3) is 7.42. The molecule has 8 heteroatoms. The zero-order valence-corrected chi connectivity index (χ0v) is 25.9. The van der Waals surface area contributed by atoms with Crippen LogP contribution in [0.3, 0.4) is 0 Å². The number of allylic oxidation sites excluding steroid dienone is 2. The number of esters is 1. The van der Waals surface area contributed by atoms with Gasteiger partial charge < -0.3 is 19.9 Å². The number of carbonyl (C=O) groups excluding carboxylic acids is 1. The van der Waals surface area contributed by atoms with Gasteiger partial charge in [-0.25, -0.2) is 14.8 Å². The smallest absolute Gasteiger partial charge is 0.338 e. The van der Waals surface area contributed by atoms with Crippen LogP contribution >= 0.6 is 11.6 Å². The van der Waals surface area contributed by atoms with Gasteiger partial charge in [-0.3, -0.25) is 0 Å². The summed E-state index contributed by atoms with van der Waals surface area (Å²) in [5.74, 6) is 1.10. The lowest BCUT2D eigenvalue weighted by Gasteiger charge is -2.42. The molecule has 0 spiro atoms. The van der Waals surface area contributed by atoms with E-state index in [9.17, 15) is 9.90 Å². The van der Waals surface area contributed by atoms with Crippen molar-refractivity contribution in [3.63, 3.8) is 0 Å². The van der Waals surface area contributed by atoms with Crippen LogP contribution in [0.15, 0.2) is 41.3 Å². The van der Waals surface area contributed by atoms with Crippen molar-refractivity contribution in [1.29, 1.82) is 0 Å². The lowest BCUT2D eigenvalue weighted by Crippen LogP contribution is -2.46. The van der Waals surface area contributed by atoms with Crippen molar-refractivity contribution in [2.24, 2.45) is 5.92 Å². The second-order valence-electron chi connectivity index (χ2n) is 11.5. The summed E-state index contributed by atoms with van der Waals surface area (Å²) < 4.78 is 11.9. The van der Waals surface area contributed by atoms with E-state index in [1.807, 2.05) is 32.1 Å². The molecule has 2 aromatic rings. The molecule has 1 unspecified atom stereocenters. The molecule has 0 saturated heterocycles. The van der Waals surface area contributed by atoms with Crippen molar-refractivity contribution in [3.8, 4) is 5.75 Å². The standard InChI is InChI=1S/C33H44ClN3O4/c1-6-8-13-26(37-32-35-21(3)16-22(4)36-32)19-27-29(38)20-33(41-31(27)39,25-11-9-10-12-25)15-14-23-17-24(7-2)30(40-5)28(34)18-23/h13,16-18,25,38H,6-12,14-15,19-20H2,1-5H3,(H,35,36,37)/b26-13+. The number of halogens is 1. The second-order valence-corrected chi connectivity index (χ2v) is 11.9. The Morgan fingerprint density at radius 2 is 1.90 bits per heavy atom. The summed E-state index contributed by atoms with van der Waals surface area (Å²) in [6.07, 6.45) is 10.7. The molecule has 2 aliphatic rings. The molecule has 4 rings (SSSR count). The van der Waals surface area contributed by atoms with E-state index in [1.165, 1.54) is 0 Å². The van der Waals surface area contributed by atoms with Crippen LogP contribution in [0.2, 0.25) is 5.02 Å². The number of hydrogen-bond acceptors (Lipinski definition) is 7. The van der Waals surface area contributed by atoms with Gasteiger partial charge in [0.15, 0.2) is 0 Å². The number of aromatic nitrogens is 2. The number of nitrogens with one attached hydrogen (secondary N) is 1. The predicted octanol–water partition coefficient (Wildman–Crippen LogP) is 8.12. The molecule has 0 amide bonds. The second kappa shape index (κ2) is 13.7. The minimum atomic E-state index is -0.739. The highest BCUT2D eigenvalue weighted by atomic mass is 35.5. The van der Waals surface area contributed by atoms with Gasteiger partial charge in [-0.05, 0) is 81.5 Å². The first-order valence-electron chi connectivity index (χ1n) is 15.0. The van der Waals surface area contributed by atoms with E-state index in [0.29, 0.717) is 41.6 Å². The largest absolute Gasteiger partial charge is 0.512 e. The molecule has 1 aliphatic carbocycles. The molecule has 1 aliphatic heterocycles. The Morgan fingerprint density at radius 3 is 2.51 bits per heavy atom. The maximum atomic E-state index is 13.6. The fourth-order valence-electron chi connectivity index (χ4n) is 6.29. The maximum Gasteiger partial charge on any atom is 0.338 e. The van der Waals surface area contributed by atoms with Gasteiger partial charge in [0.25, 0.3) is 0 Å². The van der Waals surface area contributed by atoms with E-state index < -0.39 is 11.6 Å². The summed E-state index contributed by atoms with van der Waals surface area (Å²) in [7, 11) is 1.64. The molecule has 0 bridgehead atoms. The summed E-state index contributed by atoms with van der Waals surface area (Å²) in [6, 6.07) is 5.99. The van der Waals surface area contributed by atoms with Crippen LogP contribution in [0.4, 0.5) is 5.95 Å². The number of carbonyl (C=O) groups is 1. The third-order valence-corrected chi connectivity index (χ3v) is 8.64. The molecule has 1 atom stereocenters. The minimum absolute atomic E-state index is 0.126. The van der Waals surface area contributed by atoms with Crippen LogP contribution in [-0.4, -0.2) is 33.8 Å². The van der Waals surface area contributed by atoms with Crippen LogP contribution < -0.4 is 10.1 Å². The van der Waals surface area contributed by atoms with Crippen LogP contribution in [0.5, 0.6) is 5.75 Å². The Bertz CT molecular complexity index is 1300. The van der Waals surface area contributed by atoms with E-state index in [2.05, 4.69) is 35.2 Å². The third-order valence-electron chi connectivity index (χ3n) is 8.36. The number of aliphatic hydroxyl groups is 1. The van der Waals surface area contributed by atoms with E-state index in [1.54, 1.807) is 7.11 Å². The molecule has 7 nitrogen and oxygen atoms in total. The average Bonchev–Trinajstić information content (AvgIpc) is 3.47. The highest BCUT2D eigenvalue weighted by Gasteiger charge is 2.48. The van der Waals surface area contributed by atoms with E-state index in [0.717, 1.165) is 73.2 Å². The van der Waals surface area contributed by atoms with Gasteiger partial charge in [-0.2, -0.15) is 0 Å². The molecule has 1 aromatic carbocycles. The van der Waals surface area contributed by atoms with Gasteiger partial charge in [-0.15, -0.1) is 0 Å². The van der Waals surface area contributed by atoms with E-state index >= 15 is 0 Å². The zero-order valence-electron chi connectivity index (χ0n) is 25.1. The van der Waals surface area contributed by atoms with Crippen molar-refractivity contribution in [2.45, 2.75) is 104 Å². The number of nitrogens with zero attached hydrogens (tertiary/aromatic N) is 2. The number of rotatable bonds is 12. The molecule has 2 N–H and O–H groups in total. The Morgan fingerprint density at radius 1 is 1.20 bits per heavy atom. The highest BCUT2D eigenvalue weighted by Crippen LogP contribution is 2.46. The van der Waals surface area contributed by atoms with Crippen molar-refractivity contribution >= 4 is 23.5 Å². The molecular formula is C33H44ClN3O4. The lowest BCUT2D eigenvalue weighted by molar-refractivity contribution is -0.167. The number of methoxy groups -OCH3 is 1. The fraction of sp³-hybridized carbons (Fsp3) is 0.545. The molecule has 1 saturated carbocycles. The van der Waals surface area contributed by atoms with Crippen molar-refractivity contribution in [2.75, 3.05) is 12.4 Å². The number of unbranched alkanes of at least 4 members (excludes halogenated alkanes) is 1. The van der Waals surface area contributed by atoms with Crippen molar-refractivity contribution < 1.29 is 19.4 Å². The van der Waals surface area contributed by atoms with Gasteiger partial charge in [-0.1, -0.05) is 56.9 Å². The van der Waals surface area contributed by atoms with Crippen molar-refractivity contribution in [3.05, 3.63) is 68.8 Å². The van der Waals surface area contributed by atoms with Gasteiger partial charge in [0.2, 0.25) is 5.95 Å². The summed E-state index contributed by atoms with van der Waals surface area (Å²) in [4.78, 5) is 22.6. The molecule has 1 fully saturated rings. The Kier molecular flexibility index (Phi) is 10.3. The summed E-state index contributed by atoms with van der Waals surface area (Å²) in [5.41, 5.74) is 4.21. The summed E-state index contributed by atoms with van der Waals surface area (Å²) >= 11 is 6.54. The molecule has 0 radical (unpaired) electrons. The Hall–Kier alpha value is -3.06. The molecule has 1 aromatic heterocycles. The topological polar surface area (TPSA) is 93.6 Å². The van der Waals surface area contributed by atoms with Crippen LogP contribution in [0, 0.1) is 19.8 Å². The molecule has 41 heavy (non-hydrogen) atoms. The van der Waals surface area contributed by atoms with E-state index in [-0.39, 0.29) is 18.1 Å². The van der Waals surface area contributed by atoms with Gasteiger partial charge in [0.1, 0.15) is 17.1 Å². The lowest BCUT2D eigenvalue weighted by atomic mass is 9.76. The summed E-state index contributed by atoms with van der Waals surface area (Å²) in [5, 5.41) is 15.3. The maximum absolute atomic E-state index is 13.6. The number of cyclic esters (lactones) is 1. The number of aliphatic hydroxyl groups excluding tert-OH is 1. The first-order valence-corrected chi connectivity index (χ1v) is 15.3. The Labute approximate surface area is 249 Å². The van der Waals surface area contributed by atoms with Crippen LogP contribution in [0.25, 0.3) is 0 Å². The van der Waals surface area contributed by atoms with Gasteiger partial charge >= 0.3 is 5.97 Å². The number of aryl methyl sites for hydroxylation is 4. The number of anilines is 1. The average molecular weight is 582 g/mol. The highest BCUT2D eigenvalue weighted by molar-refractivity contribution is 6.32. The predicted molar refractivity (Wildman–Crippen MR) is 163 cm³/mol. The number of benzene rings is 1. The SMILES string of the molecule is CCC/C=C(\CC1=C(O)CC(CCc2cc(Cl)c(OC)c(CC)c2)(C2CCCC2)OC1=O)Nc1nc(C)cc(C)n1. The Balaban J connectivity index is 1.59. The molecular weight excluding hydrogens is 538 g/mol. The van der Waals surface area contributed by atoms with Crippen LogP contribution in [-0.2, 0) is 22.4 Å². The quantitative estimate of drug-likeness (QED) is 0.244. The van der Waals surface area contributed by atoms with Crippen molar-refractivity contribution in [1.82, 2.24) is 9.97 Å². The first kappa shape index (κ1) is 30.9. The zero-order chi connectivity index (χ0) is 29.6. The first-order chi connectivity index (χ1) is 19.7. The number of hydrogen-bond donors (Lipinski definition) is 2. The normalized spacial score (nSPS) is 20.0. The van der Waals surface area contributed by atoms with Gasteiger partial charge in [0.05, 0.1) is 17.7 Å². The monoisotopic (exact) mass is 581 g/mol. The summed E-state index contributed by atoms with van der Waals surface area (Å²) in [6.45, 7) is 8.03.